The lowest BCUT2D eigenvalue weighted by Gasteiger charge is -2.22. The van der Waals surface area contributed by atoms with Gasteiger partial charge in [0.25, 0.3) is 0 Å². The molecule has 1 saturated heterocycles. The zero-order chi connectivity index (χ0) is 19.2. The molecule has 27 heavy (non-hydrogen) atoms. The minimum Gasteiger partial charge on any atom is -0.497 e. The van der Waals surface area contributed by atoms with Gasteiger partial charge in [-0.25, -0.2) is 0 Å². The summed E-state index contributed by atoms with van der Waals surface area (Å²) >= 11 is 0. The van der Waals surface area contributed by atoms with Crippen LogP contribution in [0.4, 0.5) is 0 Å². The molecule has 1 atom stereocenters. The number of nitrogens with zero attached hydrogens (tertiary/aromatic N) is 2. The molecule has 1 heterocycles. The van der Waals surface area contributed by atoms with Crippen LogP contribution in [-0.2, 0) is 22.6 Å². The van der Waals surface area contributed by atoms with E-state index in [2.05, 4.69) is 12.1 Å². The predicted octanol–water partition coefficient (Wildman–Crippen LogP) is 2.74. The molecule has 0 saturated carbocycles. The number of methoxy groups -OCH3 is 1. The maximum absolute atomic E-state index is 12.8. The highest BCUT2D eigenvalue weighted by molar-refractivity contribution is 5.89. The largest absolute Gasteiger partial charge is 0.497 e. The fraction of sp³-hybridized carbons (Fsp3) is 0.364. The minimum absolute atomic E-state index is 0.0216. The third-order valence-electron chi connectivity index (χ3n) is 5.01. The molecule has 1 aliphatic heterocycles. The monoisotopic (exact) mass is 366 g/mol. The quantitative estimate of drug-likeness (QED) is 0.757. The van der Waals surface area contributed by atoms with Crippen molar-refractivity contribution < 1.29 is 14.3 Å². The predicted molar refractivity (Wildman–Crippen MR) is 104 cm³/mol. The van der Waals surface area contributed by atoms with E-state index in [4.69, 9.17) is 4.74 Å². The van der Waals surface area contributed by atoms with E-state index in [-0.39, 0.29) is 17.7 Å². The molecule has 5 nitrogen and oxygen atoms in total. The number of likely N-dealkylation sites (tertiary alicyclic amines) is 1. The van der Waals surface area contributed by atoms with E-state index < -0.39 is 0 Å². The molecule has 0 bridgehead atoms. The smallest absolute Gasteiger partial charge is 0.228 e. The SMILES string of the molecule is COc1cccc(CN(C)C(=O)[C@H]2CC(=O)N(CCc3ccccc3)C2)c1. The van der Waals surface area contributed by atoms with Crippen molar-refractivity contribution in [3.8, 4) is 5.75 Å². The van der Waals surface area contributed by atoms with Gasteiger partial charge in [0.2, 0.25) is 11.8 Å². The molecule has 5 heteroatoms. The molecule has 2 amide bonds. The Morgan fingerprint density at radius 1 is 1.15 bits per heavy atom. The van der Waals surface area contributed by atoms with Gasteiger partial charge in [-0.3, -0.25) is 9.59 Å². The molecule has 0 aliphatic carbocycles. The van der Waals surface area contributed by atoms with E-state index in [0.29, 0.717) is 26.1 Å². The summed E-state index contributed by atoms with van der Waals surface area (Å²) in [7, 11) is 3.42. The van der Waals surface area contributed by atoms with Crippen molar-refractivity contribution in [2.75, 3.05) is 27.2 Å². The van der Waals surface area contributed by atoms with Crippen LogP contribution in [0.15, 0.2) is 54.6 Å². The highest BCUT2D eigenvalue weighted by Gasteiger charge is 2.35. The molecule has 0 N–H and O–H groups in total. The Morgan fingerprint density at radius 2 is 1.89 bits per heavy atom. The molecule has 1 fully saturated rings. The van der Waals surface area contributed by atoms with Gasteiger partial charge in [-0.1, -0.05) is 42.5 Å². The third kappa shape index (κ3) is 4.88. The average molecular weight is 366 g/mol. The lowest BCUT2D eigenvalue weighted by atomic mass is 10.1. The van der Waals surface area contributed by atoms with Gasteiger partial charge in [0.15, 0.2) is 0 Å². The van der Waals surface area contributed by atoms with E-state index in [1.807, 2.05) is 47.4 Å². The number of benzene rings is 2. The zero-order valence-electron chi connectivity index (χ0n) is 15.9. The van der Waals surface area contributed by atoms with Crippen molar-refractivity contribution in [3.05, 3.63) is 65.7 Å². The molecular formula is C22H26N2O3. The summed E-state index contributed by atoms with van der Waals surface area (Å²) in [5.74, 6) is 0.604. The van der Waals surface area contributed by atoms with Crippen molar-refractivity contribution >= 4 is 11.8 Å². The van der Waals surface area contributed by atoms with Gasteiger partial charge in [0.1, 0.15) is 5.75 Å². The molecule has 2 aromatic rings. The van der Waals surface area contributed by atoms with Crippen LogP contribution >= 0.6 is 0 Å². The highest BCUT2D eigenvalue weighted by atomic mass is 16.5. The van der Waals surface area contributed by atoms with Crippen LogP contribution in [-0.4, -0.2) is 48.9 Å². The van der Waals surface area contributed by atoms with Gasteiger partial charge in [0.05, 0.1) is 13.0 Å². The molecule has 0 spiro atoms. The van der Waals surface area contributed by atoms with Gasteiger partial charge >= 0.3 is 0 Å². The average Bonchev–Trinajstić information content (AvgIpc) is 3.07. The Morgan fingerprint density at radius 3 is 2.63 bits per heavy atom. The number of ether oxygens (including phenoxy) is 1. The van der Waals surface area contributed by atoms with Crippen LogP contribution in [0.3, 0.4) is 0 Å². The second-order valence-corrected chi connectivity index (χ2v) is 7.02. The summed E-state index contributed by atoms with van der Waals surface area (Å²) in [5, 5.41) is 0. The number of amides is 2. The molecule has 0 unspecified atom stereocenters. The lowest BCUT2D eigenvalue weighted by Crippen LogP contribution is -2.34. The Balaban J connectivity index is 1.54. The summed E-state index contributed by atoms with van der Waals surface area (Å²) in [5.41, 5.74) is 2.21. The van der Waals surface area contributed by atoms with Gasteiger partial charge in [0, 0.05) is 33.1 Å². The van der Waals surface area contributed by atoms with Gasteiger partial charge < -0.3 is 14.5 Å². The standard InChI is InChI=1S/C22H26N2O3/c1-23(15-18-9-6-10-20(13-18)27-2)22(26)19-14-21(25)24(16-19)12-11-17-7-4-3-5-8-17/h3-10,13,19H,11-12,14-16H2,1-2H3/t19-/m0/s1. The fourth-order valence-electron chi connectivity index (χ4n) is 3.50. The number of hydrogen-bond donors (Lipinski definition) is 0. The van der Waals surface area contributed by atoms with Crippen LogP contribution in [0.2, 0.25) is 0 Å². The first-order valence-corrected chi connectivity index (χ1v) is 9.26. The van der Waals surface area contributed by atoms with Crippen LogP contribution in [0.1, 0.15) is 17.5 Å². The second-order valence-electron chi connectivity index (χ2n) is 7.02. The van der Waals surface area contributed by atoms with Gasteiger partial charge in [-0.05, 0) is 29.7 Å². The third-order valence-corrected chi connectivity index (χ3v) is 5.01. The second kappa shape index (κ2) is 8.71. The Labute approximate surface area is 160 Å². The number of rotatable bonds is 7. The summed E-state index contributed by atoms with van der Waals surface area (Å²) in [6, 6.07) is 17.8. The summed E-state index contributed by atoms with van der Waals surface area (Å²) < 4.78 is 5.23. The topological polar surface area (TPSA) is 49.9 Å². The van der Waals surface area contributed by atoms with Crippen LogP contribution < -0.4 is 4.74 Å². The Bertz CT molecular complexity index is 791. The number of carbonyl (C=O) groups excluding carboxylic acids is 2. The van der Waals surface area contributed by atoms with Crippen molar-refractivity contribution in [2.45, 2.75) is 19.4 Å². The normalized spacial score (nSPS) is 16.4. The molecule has 0 aromatic heterocycles. The molecule has 0 radical (unpaired) electrons. The maximum Gasteiger partial charge on any atom is 0.228 e. The lowest BCUT2D eigenvalue weighted by molar-refractivity contribution is -0.135. The van der Waals surface area contributed by atoms with Crippen LogP contribution in [0.25, 0.3) is 0 Å². The number of carbonyl (C=O) groups is 2. The molecular weight excluding hydrogens is 340 g/mol. The van der Waals surface area contributed by atoms with E-state index in [1.165, 1.54) is 5.56 Å². The van der Waals surface area contributed by atoms with E-state index in [0.717, 1.165) is 17.7 Å². The van der Waals surface area contributed by atoms with Crippen molar-refractivity contribution in [1.29, 1.82) is 0 Å². The molecule has 3 rings (SSSR count). The van der Waals surface area contributed by atoms with E-state index in [1.54, 1.807) is 19.1 Å². The van der Waals surface area contributed by atoms with E-state index >= 15 is 0 Å². The first-order chi connectivity index (χ1) is 13.1. The summed E-state index contributed by atoms with van der Waals surface area (Å²) in [6.45, 7) is 1.67. The fourth-order valence-corrected chi connectivity index (χ4v) is 3.50. The molecule has 1 aliphatic rings. The number of hydrogen-bond acceptors (Lipinski definition) is 3. The zero-order valence-corrected chi connectivity index (χ0v) is 15.9. The van der Waals surface area contributed by atoms with Crippen LogP contribution in [0, 0.1) is 5.92 Å². The summed E-state index contributed by atoms with van der Waals surface area (Å²) in [4.78, 5) is 28.6. The first kappa shape index (κ1) is 19.0. The van der Waals surface area contributed by atoms with Crippen molar-refractivity contribution in [1.82, 2.24) is 9.80 Å². The molecule has 142 valence electrons. The molecule has 2 aromatic carbocycles. The van der Waals surface area contributed by atoms with Crippen molar-refractivity contribution in [3.63, 3.8) is 0 Å². The highest BCUT2D eigenvalue weighted by Crippen LogP contribution is 2.22. The van der Waals surface area contributed by atoms with Crippen LogP contribution in [0.5, 0.6) is 5.75 Å². The Hall–Kier alpha value is -2.82. The first-order valence-electron chi connectivity index (χ1n) is 9.26. The Kier molecular flexibility index (Phi) is 6.12. The maximum atomic E-state index is 12.8. The van der Waals surface area contributed by atoms with Gasteiger partial charge in [-0.2, -0.15) is 0 Å². The van der Waals surface area contributed by atoms with Gasteiger partial charge in [-0.15, -0.1) is 0 Å². The minimum atomic E-state index is -0.260. The van der Waals surface area contributed by atoms with E-state index in [9.17, 15) is 9.59 Å². The summed E-state index contributed by atoms with van der Waals surface area (Å²) in [6.07, 6.45) is 1.11. The van der Waals surface area contributed by atoms with Crippen molar-refractivity contribution in [2.24, 2.45) is 5.92 Å².